The van der Waals surface area contributed by atoms with Crippen LogP contribution >= 0.6 is 15.6 Å². The molecule has 0 aromatic carbocycles. The Bertz CT molecular complexity index is 286. The zero-order valence-electron chi connectivity index (χ0n) is 6.33. The summed E-state index contributed by atoms with van der Waals surface area (Å²) in [5, 5.41) is 12.1. The Balaban J connectivity index is 0.000000280. The van der Waals surface area contributed by atoms with E-state index in [9.17, 15) is 9.13 Å². The van der Waals surface area contributed by atoms with Gasteiger partial charge in [-0.25, -0.2) is 14.2 Å². The van der Waals surface area contributed by atoms with Crippen LogP contribution in [0.5, 0.6) is 0 Å². The number of aromatic amines is 1. The maximum Gasteiger partial charge on any atom is 0.478 e. The predicted molar refractivity (Wildman–Crippen MR) is 39.4 cm³/mol. The van der Waals surface area contributed by atoms with Gasteiger partial charge in [0.25, 0.3) is 0 Å². The van der Waals surface area contributed by atoms with E-state index in [1.54, 1.807) is 0 Å². The number of H-pyrrole nitrogens is 1. The lowest BCUT2D eigenvalue weighted by Crippen LogP contribution is -1.84. The van der Waals surface area contributed by atoms with Crippen LogP contribution in [0.1, 0.15) is 0 Å². The first-order valence-electron chi connectivity index (χ1n) is 2.70. The van der Waals surface area contributed by atoms with Gasteiger partial charge in [0, 0.05) is 0 Å². The van der Waals surface area contributed by atoms with E-state index in [0.717, 1.165) is 0 Å². The number of nitrogens with zero attached hydrogens (tertiary/aromatic N) is 3. The normalized spacial score (nSPS) is 11.7. The van der Waals surface area contributed by atoms with Gasteiger partial charge in [0.1, 0.15) is 6.33 Å². The average molecular weight is 248 g/mol. The first kappa shape index (κ1) is 13.3. The van der Waals surface area contributed by atoms with Crippen LogP contribution in [-0.4, -0.2) is 40.2 Å². The van der Waals surface area contributed by atoms with Crippen molar-refractivity contribution in [2.75, 3.05) is 0 Å². The first-order valence-corrected chi connectivity index (χ1v) is 5.76. The number of phosphoric acid groups is 2. The maximum atomic E-state index is 9.63. The minimum Gasteiger partial charge on any atom is -0.302 e. The fraction of sp³-hybridized carbons (Fsp3) is 0. The van der Waals surface area contributed by atoms with Crippen LogP contribution in [-0.2, 0) is 13.4 Å². The predicted octanol–water partition coefficient (Wildman–Crippen LogP) is -1.61. The molecule has 0 amide bonds. The van der Waals surface area contributed by atoms with Gasteiger partial charge >= 0.3 is 15.6 Å². The molecule has 1 aromatic rings. The monoisotopic (exact) mass is 248 g/mol. The Hall–Kier alpha value is -0.670. The highest BCUT2D eigenvalue weighted by Gasteiger charge is 2.27. The van der Waals surface area contributed by atoms with E-state index in [1.807, 2.05) is 0 Å². The molecule has 0 aliphatic rings. The lowest BCUT2D eigenvalue weighted by molar-refractivity contribution is 0.225. The summed E-state index contributed by atoms with van der Waals surface area (Å²) in [5.41, 5.74) is 0. The lowest BCUT2D eigenvalue weighted by atomic mass is 11.4. The van der Waals surface area contributed by atoms with E-state index in [4.69, 9.17) is 19.6 Å². The van der Waals surface area contributed by atoms with Gasteiger partial charge in [-0.05, 0) is 10.4 Å². The summed E-state index contributed by atoms with van der Waals surface area (Å²) in [6, 6.07) is 0. The zero-order chi connectivity index (χ0) is 11.2. The van der Waals surface area contributed by atoms with Crippen molar-refractivity contribution in [3.8, 4) is 0 Å². The van der Waals surface area contributed by atoms with Crippen LogP contribution in [0.15, 0.2) is 6.33 Å². The minimum atomic E-state index is -5.05. The third-order valence-electron chi connectivity index (χ3n) is 0.482. The molecule has 13 heteroatoms. The number of aromatic nitrogens is 4. The van der Waals surface area contributed by atoms with E-state index in [1.165, 1.54) is 6.33 Å². The molecule has 0 aliphatic heterocycles. The van der Waals surface area contributed by atoms with Gasteiger partial charge in [-0.15, -0.1) is 5.10 Å². The minimum absolute atomic E-state index is 1.40. The van der Waals surface area contributed by atoms with Crippen LogP contribution in [0, 0.1) is 0 Å². The van der Waals surface area contributed by atoms with Gasteiger partial charge in [0.05, 0.1) is 0 Å². The Kier molecular flexibility index (Phi) is 5.02. The molecule has 0 atom stereocenters. The topological polar surface area (TPSA) is 179 Å². The first-order chi connectivity index (χ1) is 6.21. The van der Waals surface area contributed by atoms with E-state index >= 15 is 0 Å². The molecule has 0 unspecified atom stereocenters. The summed E-state index contributed by atoms with van der Waals surface area (Å²) in [7, 11) is -10.1. The Morgan fingerprint density at radius 2 is 1.64 bits per heavy atom. The van der Waals surface area contributed by atoms with Crippen LogP contribution < -0.4 is 0 Å². The van der Waals surface area contributed by atoms with Gasteiger partial charge in [-0.2, -0.15) is 4.31 Å². The molecule has 0 saturated heterocycles. The van der Waals surface area contributed by atoms with Crippen molar-refractivity contribution in [3.63, 3.8) is 0 Å². The fourth-order valence-electron chi connectivity index (χ4n) is 0.268. The van der Waals surface area contributed by atoms with Crippen LogP contribution in [0.2, 0.25) is 0 Å². The Morgan fingerprint density at radius 1 is 1.14 bits per heavy atom. The molecule has 0 spiro atoms. The summed E-state index contributed by atoms with van der Waals surface area (Å²) in [5.74, 6) is 0. The van der Waals surface area contributed by atoms with E-state index < -0.39 is 15.6 Å². The fourth-order valence-corrected chi connectivity index (χ4v) is 1.38. The molecule has 0 saturated carbocycles. The molecule has 1 heterocycles. The summed E-state index contributed by atoms with van der Waals surface area (Å²) < 4.78 is 22.2. The van der Waals surface area contributed by atoms with Gasteiger partial charge in [0.15, 0.2) is 0 Å². The van der Waals surface area contributed by atoms with Gasteiger partial charge in [-0.1, -0.05) is 0 Å². The molecule has 1 rings (SSSR count). The van der Waals surface area contributed by atoms with E-state index in [-0.39, 0.29) is 0 Å². The number of nitrogens with one attached hydrogen (secondary N) is 1. The molecular formula is CH6N4O7P2. The second-order valence-corrected chi connectivity index (χ2v) is 4.24. The van der Waals surface area contributed by atoms with Gasteiger partial charge in [-0.3, -0.25) is 0 Å². The molecule has 0 bridgehead atoms. The van der Waals surface area contributed by atoms with Crippen molar-refractivity contribution in [2.24, 2.45) is 0 Å². The number of hydrogen-bond acceptors (Lipinski definition) is 6. The summed E-state index contributed by atoms with van der Waals surface area (Å²) in [6.45, 7) is 0. The summed E-state index contributed by atoms with van der Waals surface area (Å²) >= 11 is 0. The summed E-state index contributed by atoms with van der Waals surface area (Å²) in [6.07, 6.45) is 1.40. The van der Waals surface area contributed by atoms with Crippen molar-refractivity contribution in [3.05, 3.63) is 6.33 Å². The van der Waals surface area contributed by atoms with Crippen molar-refractivity contribution < 1.29 is 33.0 Å². The molecule has 14 heavy (non-hydrogen) atoms. The van der Waals surface area contributed by atoms with Crippen molar-refractivity contribution in [1.29, 1.82) is 0 Å². The van der Waals surface area contributed by atoms with Crippen molar-refractivity contribution in [2.45, 2.75) is 0 Å². The highest BCUT2D eigenvalue weighted by molar-refractivity contribution is 7.60. The highest BCUT2D eigenvalue weighted by atomic mass is 31.3. The number of tetrazole rings is 1. The molecular weight excluding hydrogens is 242 g/mol. The van der Waals surface area contributed by atoms with Crippen molar-refractivity contribution >= 4 is 15.6 Å². The maximum absolute atomic E-state index is 9.63. The average Bonchev–Trinajstić information content (AvgIpc) is 2.29. The molecule has 82 valence electrons. The van der Waals surface area contributed by atoms with E-state index in [2.05, 4.69) is 24.9 Å². The zero-order valence-corrected chi connectivity index (χ0v) is 8.12. The van der Waals surface area contributed by atoms with Gasteiger partial charge in [0.2, 0.25) is 0 Å². The van der Waals surface area contributed by atoms with E-state index in [0.29, 0.717) is 0 Å². The Labute approximate surface area is 76.6 Å². The van der Waals surface area contributed by atoms with Crippen LogP contribution in [0.25, 0.3) is 0 Å². The van der Waals surface area contributed by atoms with Crippen molar-refractivity contribution in [1.82, 2.24) is 20.6 Å². The SMILES string of the molecule is O=P(O)(O)OP(=O)(O)O.c1nnn[nH]1. The van der Waals surface area contributed by atoms with Crippen LogP contribution in [0.4, 0.5) is 0 Å². The molecule has 11 nitrogen and oxygen atoms in total. The Morgan fingerprint density at radius 3 is 1.71 bits per heavy atom. The second kappa shape index (κ2) is 5.27. The molecule has 5 N–H and O–H groups in total. The molecule has 0 radical (unpaired) electrons. The molecule has 1 aromatic heterocycles. The third-order valence-corrected chi connectivity index (χ3v) is 2.18. The molecule has 0 fully saturated rings. The quantitative estimate of drug-likeness (QED) is 0.382. The smallest absolute Gasteiger partial charge is 0.302 e. The standard InChI is InChI=1S/CH2N4.H4O7P2/c1-2-4-5-3-1;1-8(2,3)7-9(4,5)6/h1H,(H,2,3,4,5);(H2,1,2,3)(H2,4,5,6). The molecule has 0 aliphatic carbocycles. The number of rotatable bonds is 2. The number of hydrogen-bond donors (Lipinski definition) is 5. The third kappa shape index (κ3) is 11.3. The second-order valence-electron chi connectivity index (χ2n) is 1.63. The largest absolute Gasteiger partial charge is 0.478 e. The summed E-state index contributed by atoms with van der Waals surface area (Å²) in [4.78, 5) is 31.0. The van der Waals surface area contributed by atoms with Crippen LogP contribution in [0.3, 0.4) is 0 Å². The van der Waals surface area contributed by atoms with Gasteiger partial charge < -0.3 is 19.6 Å². The lowest BCUT2D eigenvalue weighted by Gasteiger charge is -2.03. The highest BCUT2D eigenvalue weighted by Crippen LogP contribution is 2.53.